The number of benzene rings is 1. The maximum absolute atomic E-state index is 11.6. The largest absolute Gasteiger partial charge is 0.398 e. The van der Waals surface area contributed by atoms with Gasteiger partial charge in [-0.25, -0.2) is 26.7 Å². The van der Waals surface area contributed by atoms with Gasteiger partial charge in [0.25, 0.3) is 0 Å². The van der Waals surface area contributed by atoms with Crippen molar-refractivity contribution < 1.29 is 16.8 Å². The molecule has 0 aliphatic rings. The van der Waals surface area contributed by atoms with Gasteiger partial charge in [-0.15, -0.1) is 0 Å². The molecule has 0 radical (unpaired) electrons. The molecule has 5 N–H and O–H groups in total. The molecule has 0 aliphatic carbocycles. The molecule has 0 heterocycles. The third-order valence-corrected chi connectivity index (χ3v) is 5.27. The Morgan fingerprint density at radius 2 is 1.71 bits per heavy atom. The number of hydrogen-bond donors (Lipinski definition) is 3. The van der Waals surface area contributed by atoms with Crippen LogP contribution in [0.15, 0.2) is 26.4 Å². The highest BCUT2D eigenvalue weighted by Crippen LogP contribution is 2.29. The third-order valence-electron chi connectivity index (χ3n) is 1.93. The number of halogens is 1. The second-order valence-corrected chi connectivity index (χ2v) is 7.31. The van der Waals surface area contributed by atoms with Crippen LogP contribution in [-0.2, 0) is 20.0 Å². The molecule has 0 unspecified atom stereocenters. The number of nitrogens with two attached hydrogens (primary N) is 2. The van der Waals surface area contributed by atoms with E-state index in [9.17, 15) is 16.8 Å². The van der Waals surface area contributed by atoms with Crippen LogP contribution in [0.4, 0.5) is 5.69 Å². The first-order valence-corrected chi connectivity index (χ1v) is 7.97. The van der Waals surface area contributed by atoms with Crippen LogP contribution in [0.3, 0.4) is 0 Å². The van der Waals surface area contributed by atoms with Crippen LogP contribution in [0.1, 0.15) is 0 Å². The van der Waals surface area contributed by atoms with Gasteiger partial charge in [-0.3, -0.25) is 0 Å². The van der Waals surface area contributed by atoms with Crippen molar-refractivity contribution in [3.05, 3.63) is 16.6 Å². The van der Waals surface area contributed by atoms with Crippen molar-refractivity contribution in [1.82, 2.24) is 4.72 Å². The van der Waals surface area contributed by atoms with Gasteiger partial charge < -0.3 is 5.73 Å². The Balaban J connectivity index is 3.68. The topological polar surface area (TPSA) is 132 Å². The molecule has 0 fully saturated rings. The summed E-state index contributed by atoms with van der Waals surface area (Å²) in [6.07, 6.45) is 0. The number of hydrogen-bond acceptors (Lipinski definition) is 5. The van der Waals surface area contributed by atoms with Gasteiger partial charge in [-0.1, -0.05) is 0 Å². The van der Waals surface area contributed by atoms with Crippen molar-refractivity contribution in [3.8, 4) is 0 Å². The summed E-state index contributed by atoms with van der Waals surface area (Å²) in [6.45, 7) is 0. The minimum atomic E-state index is -4.04. The van der Waals surface area contributed by atoms with Crippen LogP contribution in [0.2, 0.25) is 0 Å². The fraction of sp³-hybridized carbons (Fsp3) is 0.143. The average Bonchev–Trinajstić information content (AvgIpc) is 2.15. The molecule has 1 rings (SSSR count). The molecule has 0 aliphatic heterocycles. The summed E-state index contributed by atoms with van der Waals surface area (Å²) >= 11 is 2.95. The SMILES string of the molecule is CNS(=O)(=O)c1cc(S(N)(=O)=O)c(Br)cc1N. The summed E-state index contributed by atoms with van der Waals surface area (Å²) in [4.78, 5) is -0.687. The zero-order chi connectivity index (χ0) is 13.4. The molecular formula is C7H10BrN3O4S2. The van der Waals surface area contributed by atoms with Crippen LogP contribution < -0.4 is 15.6 Å². The van der Waals surface area contributed by atoms with Gasteiger partial charge in [0, 0.05) is 4.47 Å². The van der Waals surface area contributed by atoms with Gasteiger partial charge in [0.1, 0.15) is 4.90 Å². The summed E-state index contributed by atoms with van der Waals surface area (Å²) < 4.78 is 47.7. The maximum atomic E-state index is 11.6. The molecule has 96 valence electrons. The maximum Gasteiger partial charge on any atom is 0.242 e. The van der Waals surface area contributed by atoms with Gasteiger partial charge in [0.2, 0.25) is 20.0 Å². The van der Waals surface area contributed by atoms with E-state index in [1.54, 1.807) is 0 Å². The lowest BCUT2D eigenvalue weighted by molar-refractivity contribution is 0.588. The number of nitrogen functional groups attached to an aromatic ring is 1. The molecule has 10 heteroatoms. The number of nitrogens with one attached hydrogen (secondary N) is 1. The van der Waals surface area contributed by atoms with Gasteiger partial charge in [0.05, 0.1) is 10.6 Å². The van der Waals surface area contributed by atoms with Crippen LogP contribution in [-0.4, -0.2) is 23.9 Å². The standard InChI is InChI=1S/C7H10BrN3O4S2/c1-11-17(14,15)7-3-6(16(10,12)13)4(8)2-5(7)9/h2-3,11H,9H2,1H3,(H2,10,12,13). The van der Waals surface area contributed by atoms with Crippen LogP contribution in [0.25, 0.3) is 0 Å². The van der Waals surface area contributed by atoms with Gasteiger partial charge >= 0.3 is 0 Å². The highest BCUT2D eigenvalue weighted by Gasteiger charge is 2.21. The smallest absolute Gasteiger partial charge is 0.242 e. The van der Waals surface area contributed by atoms with E-state index in [4.69, 9.17) is 10.9 Å². The molecular weight excluding hydrogens is 334 g/mol. The predicted octanol–water partition coefficient (Wildman–Crippen LogP) is -0.413. The number of rotatable bonds is 3. The van der Waals surface area contributed by atoms with E-state index in [-0.39, 0.29) is 20.0 Å². The zero-order valence-electron chi connectivity index (χ0n) is 8.64. The number of anilines is 1. The summed E-state index contributed by atoms with van der Waals surface area (Å²) in [7, 11) is -6.69. The Morgan fingerprint density at radius 1 is 1.18 bits per heavy atom. The average molecular weight is 344 g/mol. The molecule has 0 saturated carbocycles. The molecule has 17 heavy (non-hydrogen) atoms. The monoisotopic (exact) mass is 343 g/mol. The van der Waals surface area contributed by atoms with E-state index in [2.05, 4.69) is 15.9 Å². The van der Waals surface area contributed by atoms with E-state index in [0.29, 0.717) is 0 Å². The van der Waals surface area contributed by atoms with Crippen LogP contribution in [0.5, 0.6) is 0 Å². The Bertz CT molecular complexity index is 654. The molecule has 1 aromatic carbocycles. The summed E-state index contributed by atoms with van der Waals surface area (Å²) in [5, 5.41) is 4.95. The lowest BCUT2D eigenvalue weighted by Gasteiger charge is -2.09. The molecule has 1 aromatic rings. The molecule has 0 amide bonds. The fourth-order valence-corrected chi connectivity index (χ4v) is 3.70. The van der Waals surface area contributed by atoms with Crippen molar-refractivity contribution in [2.45, 2.75) is 9.79 Å². The second-order valence-electron chi connectivity index (χ2n) is 3.07. The minimum absolute atomic E-state index is 0.0846. The molecule has 0 atom stereocenters. The first kappa shape index (κ1) is 14.4. The van der Waals surface area contributed by atoms with Crippen molar-refractivity contribution in [2.24, 2.45) is 5.14 Å². The number of sulfonamides is 2. The summed E-state index contributed by atoms with van der Waals surface area (Å²) in [6, 6.07) is 2.07. The normalized spacial score (nSPS) is 12.6. The van der Waals surface area contributed by atoms with E-state index in [1.807, 2.05) is 4.72 Å². The Labute approximate surface area is 107 Å². The molecule has 0 saturated heterocycles. The van der Waals surface area contributed by atoms with E-state index in [1.165, 1.54) is 13.1 Å². The quantitative estimate of drug-likeness (QED) is 0.641. The Kier molecular flexibility index (Phi) is 3.84. The molecule has 7 nitrogen and oxygen atoms in total. The minimum Gasteiger partial charge on any atom is -0.398 e. The Hall–Kier alpha value is -0.680. The van der Waals surface area contributed by atoms with E-state index < -0.39 is 20.0 Å². The van der Waals surface area contributed by atoms with Crippen molar-refractivity contribution >= 4 is 41.7 Å². The van der Waals surface area contributed by atoms with Crippen LogP contribution >= 0.6 is 15.9 Å². The fourth-order valence-electron chi connectivity index (χ4n) is 1.11. The Morgan fingerprint density at radius 3 is 2.12 bits per heavy atom. The van der Waals surface area contributed by atoms with Crippen LogP contribution in [0, 0.1) is 0 Å². The summed E-state index contributed by atoms with van der Waals surface area (Å²) in [5.41, 5.74) is 5.43. The molecule has 0 spiro atoms. The molecule has 0 bridgehead atoms. The zero-order valence-corrected chi connectivity index (χ0v) is 11.9. The lowest BCUT2D eigenvalue weighted by Crippen LogP contribution is -2.21. The van der Waals surface area contributed by atoms with Gasteiger partial charge in [-0.2, -0.15) is 0 Å². The third kappa shape index (κ3) is 2.96. The van der Waals surface area contributed by atoms with Crippen molar-refractivity contribution in [3.63, 3.8) is 0 Å². The summed E-state index contributed by atoms with van der Waals surface area (Å²) in [5.74, 6) is 0. The number of primary sulfonamides is 1. The van der Waals surface area contributed by atoms with Gasteiger partial charge in [-0.05, 0) is 35.1 Å². The van der Waals surface area contributed by atoms with Crippen molar-refractivity contribution in [2.75, 3.05) is 12.8 Å². The second kappa shape index (κ2) is 4.53. The van der Waals surface area contributed by atoms with E-state index >= 15 is 0 Å². The highest BCUT2D eigenvalue weighted by molar-refractivity contribution is 9.10. The first-order valence-electron chi connectivity index (χ1n) is 4.15. The van der Waals surface area contributed by atoms with Crippen molar-refractivity contribution in [1.29, 1.82) is 0 Å². The lowest BCUT2D eigenvalue weighted by atomic mass is 10.3. The van der Waals surface area contributed by atoms with Gasteiger partial charge in [0.15, 0.2) is 0 Å². The molecule has 0 aromatic heterocycles. The predicted molar refractivity (Wildman–Crippen MR) is 66.2 cm³/mol. The first-order chi connectivity index (χ1) is 7.59. The van der Waals surface area contributed by atoms with E-state index in [0.717, 1.165) is 6.07 Å². The highest BCUT2D eigenvalue weighted by atomic mass is 79.9.